The molecule has 0 aliphatic heterocycles. The summed E-state index contributed by atoms with van der Waals surface area (Å²) in [6, 6.07) is 18.4. The Morgan fingerprint density at radius 2 is 1.60 bits per heavy atom. The molecule has 0 atom stereocenters. The summed E-state index contributed by atoms with van der Waals surface area (Å²) in [5.41, 5.74) is 10.3. The molecular formula is C28H34N6O. The largest absolute Gasteiger partial charge is 0.384 e. The third kappa shape index (κ3) is 5.85. The lowest BCUT2D eigenvalue weighted by Crippen LogP contribution is -2.25. The van der Waals surface area contributed by atoms with Crippen LogP contribution in [0.3, 0.4) is 0 Å². The second-order valence-corrected chi connectivity index (χ2v) is 9.90. The molecule has 0 radical (unpaired) electrons. The molecule has 0 saturated carbocycles. The van der Waals surface area contributed by atoms with Gasteiger partial charge in [0.2, 0.25) is 0 Å². The molecule has 2 N–H and O–H groups in total. The second-order valence-electron chi connectivity index (χ2n) is 9.90. The van der Waals surface area contributed by atoms with Gasteiger partial charge >= 0.3 is 5.69 Å². The molecule has 2 aromatic heterocycles. The first kappa shape index (κ1) is 24.4. The van der Waals surface area contributed by atoms with Crippen molar-refractivity contribution in [2.45, 2.75) is 65.5 Å². The van der Waals surface area contributed by atoms with Gasteiger partial charge in [-0.3, -0.25) is 4.57 Å². The number of anilines is 1. The molecule has 0 fully saturated rings. The van der Waals surface area contributed by atoms with E-state index in [4.69, 9.17) is 5.73 Å². The number of aryl methyl sites for hydroxylation is 2. The summed E-state index contributed by atoms with van der Waals surface area (Å²) >= 11 is 0. The molecule has 4 rings (SSSR count). The van der Waals surface area contributed by atoms with E-state index in [0.717, 1.165) is 36.2 Å². The number of benzene rings is 2. The van der Waals surface area contributed by atoms with Crippen molar-refractivity contribution in [3.05, 3.63) is 93.8 Å². The van der Waals surface area contributed by atoms with Crippen LogP contribution in [0.15, 0.2) is 65.6 Å². The lowest BCUT2D eigenvalue weighted by Gasteiger charge is -2.19. The first-order chi connectivity index (χ1) is 16.7. The van der Waals surface area contributed by atoms with Crippen LogP contribution in [0.1, 0.15) is 56.6 Å². The Hall–Kier alpha value is -3.74. The maximum atomic E-state index is 12.9. The zero-order chi connectivity index (χ0) is 25.0. The monoisotopic (exact) mass is 470 g/mol. The van der Waals surface area contributed by atoms with E-state index in [1.807, 2.05) is 19.1 Å². The normalized spacial score (nSPS) is 11.7. The molecule has 2 heterocycles. The van der Waals surface area contributed by atoms with Crippen LogP contribution in [0, 0.1) is 0 Å². The number of nitrogens with zero attached hydrogens (tertiary/aromatic N) is 5. The van der Waals surface area contributed by atoms with Crippen molar-refractivity contribution in [2.75, 3.05) is 5.73 Å². The SMILES string of the molecule is CCn1c(CCCc2ccc(-c3nccc(N)n3)cc2)nn(Cc2ccc(C(C)(C)C)cc2)c1=O. The topological polar surface area (TPSA) is 91.6 Å². The van der Waals surface area contributed by atoms with Gasteiger partial charge in [0, 0.05) is 24.7 Å². The summed E-state index contributed by atoms with van der Waals surface area (Å²) < 4.78 is 3.37. The van der Waals surface area contributed by atoms with Crippen LogP contribution >= 0.6 is 0 Å². The zero-order valence-electron chi connectivity index (χ0n) is 21.0. The van der Waals surface area contributed by atoms with E-state index in [1.165, 1.54) is 11.1 Å². The molecule has 0 unspecified atom stereocenters. The molecule has 0 aliphatic rings. The Morgan fingerprint density at radius 1 is 0.914 bits per heavy atom. The molecule has 7 nitrogen and oxygen atoms in total. The van der Waals surface area contributed by atoms with E-state index in [9.17, 15) is 4.79 Å². The van der Waals surface area contributed by atoms with Gasteiger partial charge in [-0.15, -0.1) is 0 Å². The highest BCUT2D eigenvalue weighted by molar-refractivity contribution is 5.56. The molecular weight excluding hydrogens is 436 g/mol. The van der Waals surface area contributed by atoms with E-state index in [-0.39, 0.29) is 11.1 Å². The molecule has 182 valence electrons. The zero-order valence-corrected chi connectivity index (χ0v) is 21.0. The molecule has 0 saturated heterocycles. The molecule has 0 spiro atoms. The van der Waals surface area contributed by atoms with Crippen LogP contribution in [0.25, 0.3) is 11.4 Å². The Bertz CT molecular complexity index is 1330. The van der Waals surface area contributed by atoms with Gasteiger partial charge in [-0.25, -0.2) is 19.4 Å². The highest BCUT2D eigenvalue weighted by Gasteiger charge is 2.15. The lowest BCUT2D eigenvalue weighted by atomic mass is 9.87. The molecule has 0 aliphatic carbocycles. The van der Waals surface area contributed by atoms with E-state index >= 15 is 0 Å². The molecule has 35 heavy (non-hydrogen) atoms. The predicted molar refractivity (Wildman–Crippen MR) is 140 cm³/mol. The van der Waals surface area contributed by atoms with Gasteiger partial charge in [0.05, 0.1) is 6.54 Å². The van der Waals surface area contributed by atoms with E-state index < -0.39 is 0 Å². The third-order valence-corrected chi connectivity index (χ3v) is 6.22. The van der Waals surface area contributed by atoms with Crippen LogP contribution < -0.4 is 11.4 Å². The van der Waals surface area contributed by atoms with Gasteiger partial charge < -0.3 is 5.73 Å². The van der Waals surface area contributed by atoms with Crippen LogP contribution in [0.5, 0.6) is 0 Å². The second kappa shape index (κ2) is 10.3. The minimum Gasteiger partial charge on any atom is -0.384 e. The summed E-state index contributed by atoms with van der Waals surface area (Å²) in [6.07, 6.45) is 4.22. The molecule has 4 aromatic rings. The maximum Gasteiger partial charge on any atom is 0.346 e. The minimum absolute atomic E-state index is 0.0473. The average molecular weight is 471 g/mol. The summed E-state index contributed by atoms with van der Waals surface area (Å²) in [5.74, 6) is 1.93. The number of nitrogens with two attached hydrogens (primary N) is 1. The Morgan fingerprint density at radius 3 is 2.23 bits per heavy atom. The minimum atomic E-state index is -0.0473. The van der Waals surface area contributed by atoms with Crippen molar-refractivity contribution < 1.29 is 0 Å². The highest BCUT2D eigenvalue weighted by atomic mass is 16.2. The van der Waals surface area contributed by atoms with E-state index in [1.54, 1.807) is 21.5 Å². The van der Waals surface area contributed by atoms with Crippen molar-refractivity contribution in [1.29, 1.82) is 0 Å². The van der Waals surface area contributed by atoms with Crippen LogP contribution in [-0.4, -0.2) is 24.3 Å². The van der Waals surface area contributed by atoms with Crippen molar-refractivity contribution in [2.24, 2.45) is 0 Å². The third-order valence-electron chi connectivity index (χ3n) is 6.22. The van der Waals surface area contributed by atoms with Crippen molar-refractivity contribution in [1.82, 2.24) is 24.3 Å². The lowest BCUT2D eigenvalue weighted by molar-refractivity contribution is 0.588. The average Bonchev–Trinajstić information content (AvgIpc) is 3.13. The highest BCUT2D eigenvalue weighted by Crippen LogP contribution is 2.22. The summed E-state index contributed by atoms with van der Waals surface area (Å²) in [4.78, 5) is 21.5. The van der Waals surface area contributed by atoms with Crippen molar-refractivity contribution in [3.63, 3.8) is 0 Å². The number of rotatable bonds is 8. The van der Waals surface area contributed by atoms with Gasteiger partial charge in [-0.1, -0.05) is 69.3 Å². The molecule has 0 bridgehead atoms. The van der Waals surface area contributed by atoms with Crippen molar-refractivity contribution >= 4 is 5.82 Å². The first-order valence-corrected chi connectivity index (χ1v) is 12.2. The number of hydrogen-bond acceptors (Lipinski definition) is 5. The standard InChI is InChI=1S/C28H34N6O/c1-5-33-25(32-34(27(33)35)19-21-11-15-23(16-12-21)28(2,3)4)8-6-7-20-9-13-22(14-10-20)26-30-18-17-24(29)31-26/h9-18H,5-8,19H2,1-4H3,(H2,29,30,31). The van der Waals surface area contributed by atoms with E-state index in [2.05, 4.69) is 72.2 Å². The van der Waals surface area contributed by atoms with Crippen LogP contribution in [0.4, 0.5) is 5.82 Å². The Kier molecular flexibility index (Phi) is 7.15. The summed E-state index contributed by atoms with van der Waals surface area (Å²) in [5, 5.41) is 4.68. The number of hydrogen-bond donors (Lipinski definition) is 1. The number of aromatic nitrogens is 5. The van der Waals surface area contributed by atoms with Crippen LogP contribution in [0.2, 0.25) is 0 Å². The number of nitrogen functional groups attached to an aromatic ring is 1. The first-order valence-electron chi connectivity index (χ1n) is 12.2. The predicted octanol–water partition coefficient (Wildman–Crippen LogP) is 4.63. The maximum absolute atomic E-state index is 12.9. The fourth-order valence-corrected chi connectivity index (χ4v) is 4.16. The smallest absolute Gasteiger partial charge is 0.346 e. The molecule has 0 amide bonds. The fourth-order valence-electron chi connectivity index (χ4n) is 4.16. The van der Waals surface area contributed by atoms with E-state index in [0.29, 0.717) is 24.7 Å². The van der Waals surface area contributed by atoms with Crippen molar-refractivity contribution in [3.8, 4) is 11.4 Å². The fraction of sp³-hybridized carbons (Fsp3) is 0.357. The van der Waals surface area contributed by atoms with Gasteiger partial charge in [0.1, 0.15) is 11.6 Å². The van der Waals surface area contributed by atoms with Gasteiger partial charge in [-0.05, 0) is 47.9 Å². The summed E-state index contributed by atoms with van der Waals surface area (Å²) in [6.45, 7) is 9.69. The van der Waals surface area contributed by atoms with Gasteiger partial charge in [0.25, 0.3) is 0 Å². The summed E-state index contributed by atoms with van der Waals surface area (Å²) in [7, 11) is 0. The Balaban J connectivity index is 1.40. The van der Waals surface area contributed by atoms with Gasteiger partial charge in [-0.2, -0.15) is 5.10 Å². The van der Waals surface area contributed by atoms with Crippen LogP contribution in [-0.2, 0) is 31.3 Å². The molecule has 2 aromatic carbocycles. The Labute approximate surface area is 206 Å². The van der Waals surface area contributed by atoms with Gasteiger partial charge in [0.15, 0.2) is 5.82 Å². The molecule has 7 heteroatoms. The quantitative estimate of drug-likeness (QED) is 0.406.